The van der Waals surface area contributed by atoms with E-state index in [-0.39, 0.29) is 12.5 Å². The molecule has 0 spiro atoms. The molecule has 29 heavy (non-hydrogen) atoms. The number of carbonyl (C=O) groups excluding carboxylic acids is 1. The Hall–Kier alpha value is -1.99. The Morgan fingerprint density at radius 3 is 2.34 bits per heavy atom. The molecule has 0 unspecified atom stereocenters. The summed E-state index contributed by atoms with van der Waals surface area (Å²) in [5.41, 5.74) is 2.04. The molecule has 0 aliphatic heterocycles. The van der Waals surface area contributed by atoms with Crippen molar-refractivity contribution in [3.63, 3.8) is 0 Å². The van der Waals surface area contributed by atoms with Crippen LogP contribution in [0.1, 0.15) is 41.6 Å². The van der Waals surface area contributed by atoms with Gasteiger partial charge in [-0.1, -0.05) is 43.2 Å². The Morgan fingerprint density at radius 2 is 1.72 bits per heavy atom. The van der Waals surface area contributed by atoms with E-state index in [1.54, 1.807) is 24.3 Å². The summed E-state index contributed by atoms with van der Waals surface area (Å²) >= 11 is 1.95. The second-order valence-electron chi connectivity index (χ2n) is 7.34. The third kappa shape index (κ3) is 6.51. The highest BCUT2D eigenvalue weighted by Crippen LogP contribution is 2.28. The standard InChI is InChI=1S/C22H28N2O3S2/c1-29(26,27)24(20-7-3-2-4-8-20)17-18-11-13-19(14-12-18)22(25)23-15-16-28-21-9-5-6-10-21/h2-4,7-8,11-14,21H,5-6,9-10,15-17H2,1H3,(H,23,25). The van der Waals surface area contributed by atoms with Gasteiger partial charge in [-0.2, -0.15) is 11.8 Å². The van der Waals surface area contributed by atoms with Crippen LogP contribution in [-0.2, 0) is 16.6 Å². The first-order valence-electron chi connectivity index (χ1n) is 9.95. The van der Waals surface area contributed by atoms with E-state index in [1.807, 2.05) is 42.1 Å². The maximum absolute atomic E-state index is 12.3. The number of nitrogens with zero attached hydrogens (tertiary/aromatic N) is 1. The van der Waals surface area contributed by atoms with Crippen LogP contribution in [0.3, 0.4) is 0 Å². The van der Waals surface area contributed by atoms with Crippen molar-refractivity contribution in [3.8, 4) is 0 Å². The summed E-state index contributed by atoms with van der Waals surface area (Å²) < 4.78 is 25.8. The van der Waals surface area contributed by atoms with E-state index in [0.717, 1.165) is 16.6 Å². The van der Waals surface area contributed by atoms with Crippen LogP contribution in [0.4, 0.5) is 5.69 Å². The monoisotopic (exact) mass is 432 g/mol. The highest BCUT2D eigenvalue weighted by molar-refractivity contribution is 7.99. The third-order valence-electron chi connectivity index (χ3n) is 5.03. The SMILES string of the molecule is CS(=O)(=O)N(Cc1ccc(C(=O)NCCSC2CCCC2)cc1)c1ccccc1. The Morgan fingerprint density at radius 1 is 1.07 bits per heavy atom. The molecule has 1 saturated carbocycles. The number of amides is 1. The minimum Gasteiger partial charge on any atom is -0.351 e. The number of hydrogen-bond donors (Lipinski definition) is 1. The average molecular weight is 433 g/mol. The van der Waals surface area contributed by atoms with Gasteiger partial charge in [-0.05, 0) is 42.7 Å². The number of sulfonamides is 1. The molecule has 1 aliphatic rings. The number of anilines is 1. The van der Waals surface area contributed by atoms with Crippen molar-refractivity contribution in [2.75, 3.05) is 22.9 Å². The molecule has 7 heteroatoms. The van der Waals surface area contributed by atoms with Gasteiger partial charge in [0.2, 0.25) is 10.0 Å². The maximum atomic E-state index is 12.3. The van der Waals surface area contributed by atoms with Crippen LogP contribution in [0.5, 0.6) is 0 Å². The van der Waals surface area contributed by atoms with Gasteiger partial charge >= 0.3 is 0 Å². The number of para-hydroxylation sites is 1. The Labute approximate surface area is 177 Å². The van der Waals surface area contributed by atoms with Crippen LogP contribution >= 0.6 is 11.8 Å². The lowest BCUT2D eigenvalue weighted by Gasteiger charge is -2.22. The van der Waals surface area contributed by atoms with Crippen molar-refractivity contribution >= 4 is 33.4 Å². The number of nitrogens with one attached hydrogen (secondary N) is 1. The largest absolute Gasteiger partial charge is 0.351 e. The van der Waals surface area contributed by atoms with Gasteiger partial charge in [0.25, 0.3) is 5.91 Å². The number of thioether (sulfide) groups is 1. The lowest BCUT2D eigenvalue weighted by Crippen LogP contribution is -2.29. The summed E-state index contributed by atoms with van der Waals surface area (Å²) in [7, 11) is -3.41. The third-order valence-corrected chi connectivity index (χ3v) is 7.55. The van der Waals surface area contributed by atoms with E-state index in [2.05, 4.69) is 5.32 Å². The van der Waals surface area contributed by atoms with Crippen molar-refractivity contribution in [2.45, 2.75) is 37.5 Å². The molecule has 0 radical (unpaired) electrons. The van der Waals surface area contributed by atoms with Gasteiger partial charge in [0.15, 0.2) is 0 Å². The van der Waals surface area contributed by atoms with Gasteiger partial charge < -0.3 is 5.32 Å². The minimum absolute atomic E-state index is 0.0911. The lowest BCUT2D eigenvalue weighted by atomic mass is 10.1. The molecular weight excluding hydrogens is 404 g/mol. The summed E-state index contributed by atoms with van der Waals surface area (Å²) in [6, 6.07) is 16.1. The Kier molecular flexibility index (Phi) is 7.61. The zero-order valence-electron chi connectivity index (χ0n) is 16.7. The van der Waals surface area contributed by atoms with Crippen LogP contribution in [0.2, 0.25) is 0 Å². The summed E-state index contributed by atoms with van der Waals surface area (Å²) in [6.07, 6.45) is 6.46. The van der Waals surface area contributed by atoms with E-state index in [9.17, 15) is 13.2 Å². The van der Waals surface area contributed by atoms with E-state index in [1.165, 1.54) is 36.2 Å². The highest BCUT2D eigenvalue weighted by Gasteiger charge is 2.18. The van der Waals surface area contributed by atoms with Crippen molar-refractivity contribution in [2.24, 2.45) is 0 Å². The van der Waals surface area contributed by atoms with Gasteiger partial charge in [0.1, 0.15) is 0 Å². The Bertz CT molecular complexity index is 893. The van der Waals surface area contributed by atoms with Crippen molar-refractivity contribution < 1.29 is 13.2 Å². The molecular formula is C22H28N2O3S2. The summed E-state index contributed by atoms with van der Waals surface area (Å²) in [6.45, 7) is 0.889. The second-order valence-corrected chi connectivity index (χ2v) is 10.7. The predicted octanol–water partition coefficient (Wildman–Crippen LogP) is 4.06. The maximum Gasteiger partial charge on any atom is 0.251 e. The summed E-state index contributed by atoms with van der Waals surface area (Å²) in [5, 5.41) is 3.73. The van der Waals surface area contributed by atoms with Crippen LogP contribution in [0.25, 0.3) is 0 Å². The van der Waals surface area contributed by atoms with Gasteiger partial charge in [0.05, 0.1) is 18.5 Å². The fourth-order valence-corrected chi connectivity index (χ4v) is 5.58. The van der Waals surface area contributed by atoms with Gasteiger partial charge in [0, 0.05) is 23.1 Å². The van der Waals surface area contributed by atoms with Gasteiger partial charge in [-0.15, -0.1) is 0 Å². The van der Waals surface area contributed by atoms with E-state index in [0.29, 0.717) is 17.8 Å². The molecule has 1 N–H and O–H groups in total. The molecule has 5 nitrogen and oxygen atoms in total. The smallest absolute Gasteiger partial charge is 0.251 e. The average Bonchev–Trinajstić information content (AvgIpc) is 3.23. The first kappa shape index (κ1) is 21.7. The topological polar surface area (TPSA) is 66.5 Å². The second kappa shape index (κ2) is 10.2. The minimum atomic E-state index is -3.41. The summed E-state index contributed by atoms with van der Waals surface area (Å²) in [4.78, 5) is 12.3. The number of hydrogen-bond acceptors (Lipinski definition) is 4. The molecule has 1 aliphatic carbocycles. The zero-order chi connectivity index (χ0) is 20.7. The summed E-state index contributed by atoms with van der Waals surface area (Å²) in [5.74, 6) is 0.848. The van der Waals surface area contributed by atoms with Crippen LogP contribution < -0.4 is 9.62 Å². The van der Waals surface area contributed by atoms with Gasteiger partial charge in [-0.3, -0.25) is 9.10 Å². The quantitative estimate of drug-likeness (QED) is 0.607. The molecule has 2 aromatic rings. The van der Waals surface area contributed by atoms with E-state index >= 15 is 0 Å². The van der Waals surface area contributed by atoms with E-state index < -0.39 is 10.0 Å². The predicted molar refractivity (Wildman–Crippen MR) is 121 cm³/mol. The number of benzene rings is 2. The van der Waals surface area contributed by atoms with Crippen LogP contribution in [-0.4, -0.2) is 38.1 Å². The first-order chi connectivity index (χ1) is 13.9. The number of carbonyl (C=O) groups is 1. The number of rotatable bonds is 9. The zero-order valence-corrected chi connectivity index (χ0v) is 18.3. The molecule has 0 saturated heterocycles. The van der Waals surface area contributed by atoms with Crippen molar-refractivity contribution in [3.05, 3.63) is 65.7 Å². The van der Waals surface area contributed by atoms with Gasteiger partial charge in [-0.25, -0.2) is 8.42 Å². The van der Waals surface area contributed by atoms with E-state index in [4.69, 9.17) is 0 Å². The lowest BCUT2D eigenvalue weighted by molar-refractivity contribution is 0.0956. The van der Waals surface area contributed by atoms with Crippen LogP contribution in [0.15, 0.2) is 54.6 Å². The molecule has 1 fully saturated rings. The Balaban J connectivity index is 1.55. The molecule has 2 aromatic carbocycles. The molecule has 0 aromatic heterocycles. The normalized spacial score (nSPS) is 14.7. The molecule has 0 atom stereocenters. The van der Waals surface area contributed by atoms with Crippen LogP contribution in [0, 0.1) is 0 Å². The fourth-order valence-electron chi connectivity index (χ4n) is 3.47. The molecule has 0 heterocycles. The molecule has 1 amide bonds. The van der Waals surface area contributed by atoms with Crippen molar-refractivity contribution in [1.82, 2.24) is 5.32 Å². The fraction of sp³-hybridized carbons (Fsp3) is 0.409. The molecule has 0 bridgehead atoms. The highest BCUT2D eigenvalue weighted by atomic mass is 32.2. The molecule has 3 rings (SSSR count). The first-order valence-corrected chi connectivity index (χ1v) is 12.8. The molecule has 156 valence electrons. The van der Waals surface area contributed by atoms with Crippen molar-refractivity contribution in [1.29, 1.82) is 0 Å².